The molecule has 4 nitrogen and oxygen atoms in total. The Morgan fingerprint density at radius 2 is 1.58 bits per heavy atom. The molecule has 4 rings (SSSR count). The first-order valence-electron chi connectivity index (χ1n) is 9.93. The Hall–Kier alpha value is -3.09. The molecule has 0 saturated carbocycles. The highest BCUT2D eigenvalue weighted by atomic mass is 32.2. The van der Waals surface area contributed by atoms with Crippen molar-refractivity contribution in [1.29, 1.82) is 0 Å². The fourth-order valence-corrected chi connectivity index (χ4v) is 4.49. The van der Waals surface area contributed by atoms with E-state index in [4.69, 9.17) is 12.2 Å². The number of hydrogen-bond acceptors (Lipinski definition) is 5. The Balaban J connectivity index is 1.40. The van der Waals surface area contributed by atoms with Gasteiger partial charge >= 0.3 is 0 Å². The van der Waals surface area contributed by atoms with E-state index in [1.807, 2.05) is 79.7 Å². The number of thiocarbonyl (C=S) groups is 1. The summed E-state index contributed by atoms with van der Waals surface area (Å²) in [6.07, 6.45) is 1.90. The van der Waals surface area contributed by atoms with Gasteiger partial charge in [-0.05, 0) is 47.0 Å². The second-order valence-electron chi connectivity index (χ2n) is 7.37. The lowest BCUT2D eigenvalue weighted by Gasteiger charge is -2.16. The lowest BCUT2D eigenvalue weighted by Crippen LogP contribution is -2.33. The Morgan fingerprint density at radius 3 is 2.23 bits per heavy atom. The molecular weight excluding hydrogens is 422 g/mol. The maximum atomic E-state index is 12.9. The van der Waals surface area contributed by atoms with Crippen LogP contribution in [0.5, 0.6) is 0 Å². The first-order chi connectivity index (χ1) is 15.0. The average molecular weight is 446 g/mol. The van der Waals surface area contributed by atoms with Crippen molar-refractivity contribution in [2.24, 2.45) is 0 Å². The molecule has 0 aromatic heterocycles. The van der Waals surface area contributed by atoms with Crippen molar-refractivity contribution in [3.63, 3.8) is 0 Å². The Bertz CT molecular complexity index is 1110. The lowest BCUT2D eigenvalue weighted by molar-refractivity contribution is -0.121. The van der Waals surface area contributed by atoms with E-state index in [1.54, 1.807) is 4.90 Å². The second-order valence-corrected chi connectivity index (χ2v) is 9.05. The molecule has 156 valence electrons. The second kappa shape index (κ2) is 9.37. The molecule has 1 N–H and O–H groups in total. The monoisotopic (exact) mass is 445 g/mol. The summed E-state index contributed by atoms with van der Waals surface area (Å²) in [6, 6.07) is 26.5. The van der Waals surface area contributed by atoms with Gasteiger partial charge in [-0.1, -0.05) is 78.6 Å². The summed E-state index contributed by atoms with van der Waals surface area (Å²) in [6.45, 7) is 0.340. The van der Waals surface area contributed by atoms with Crippen LogP contribution in [0.25, 0.3) is 17.2 Å². The van der Waals surface area contributed by atoms with Crippen LogP contribution in [-0.2, 0) is 4.79 Å². The molecule has 1 saturated heterocycles. The van der Waals surface area contributed by atoms with Crippen LogP contribution in [0.3, 0.4) is 0 Å². The van der Waals surface area contributed by atoms with E-state index in [1.165, 1.54) is 17.3 Å². The topological polar surface area (TPSA) is 35.6 Å². The first-order valence-corrected chi connectivity index (χ1v) is 11.2. The molecule has 6 heteroatoms. The maximum absolute atomic E-state index is 12.9. The molecule has 0 unspecified atom stereocenters. The normalized spacial score (nSPS) is 14.9. The summed E-state index contributed by atoms with van der Waals surface area (Å²) in [5, 5.41) is 3.30. The zero-order valence-electron chi connectivity index (χ0n) is 17.4. The average Bonchev–Trinajstić information content (AvgIpc) is 3.06. The highest BCUT2D eigenvalue weighted by molar-refractivity contribution is 8.26. The number of anilines is 2. The number of carbonyl (C=O) groups is 1. The molecule has 1 heterocycles. The van der Waals surface area contributed by atoms with Crippen molar-refractivity contribution < 1.29 is 4.79 Å². The standard InChI is InChI=1S/C25H23N3OS2/c1-27(2)22-14-8-18(9-15-22)16-23-24(29)28(25(30)31-23)17-26-21-12-10-20(11-13-21)19-6-4-3-5-7-19/h3-16,26H,17H2,1-2H3/b23-16+. The summed E-state index contributed by atoms with van der Waals surface area (Å²) in [5.41, 5.74) is 5.37. The maximum Gasteiger partial charge on any atom is 0.267 e. The third-order valence-electron chi connectivity index (χ3n) is 5.01. The van der Waals surface area contributed by atoms with Crippen LogP contribution < -0.4 is 10.2 Å². The van der Waals surface area contributed by atoms with Gasteiger partial charge in [0.15, 0.2) is 0 Å². The van der Waals surface area contributed by atoms with Gasteiger partial charge < -0.3 is 10.2 Å². The van der Waals surface area contributed by atoms with Crippen LogP contribution in [0, 0.1) is 0 Å². The minimum atomic E-state index is -0.0694. The molecule has 3 aromatic rings. The third-order valence-corrected chi connectivity index (χ3v) is 6.39. The van der Waals surface area contributed by atoms with E-state index in [0.717, 1.165) is 22.5 Å². The summed E-state index contributed by atoms with van der Waals surface area (Å²) < 4.78 is 0.564. The van der Waals surface area contributed by atoms with Crippen molar-refractivity contribution in [2.45, 2.75) is 0 Å². The van der Waals surface area contributed by atoms with Crippen LogP contribution >= 0.6 is 24.0 Å². The van der Waals surface area contributed by atoms with E-state index in [-0.39, 0.29) is 5.91 Å². The Morgan fingerprint density at radius 1 is 0.935 bits per heavy atom. The number of nitrogens with one attached hydrogen (secondary N) is 1. The van der Waals surface area contributed by atoms with E-state index in [9.17, 15) is 4.79 Å². The number of carbonyl (C=O) groups excluding carboxylic acids is 1. The smallest absolute Gasteiger partial charge is 0.267 e. The molecule has 0 aliphatic carbocycles. The number of benzene rings is 3. The molecule has 1 fully saturated rings. The van der Waals surface area contributed by atoms with Crippen molar-refractivity contribution in [1.82, 2.24) is 4.90 Å². The van der Waals surface area contributed by atoms with Gasteiger partial charge in [0, 0.05) is 25.5 Å². The van der Waals surface area contributed by atoms with E-state index >= 15 is 0 Å². The number of nitrogens with zero attached hydrogens (tertiary/aromatic N) is 2. The molecule has 0 atom stereocenters. The highest BCUT2D eigenvalue weighted by Crippen LogP contribution is 2.32. The quantitative estimate of drug-likeness (QED) is 0.390. The Labute approximate surface area is 192 Å². The van der Waals surface area contributed by atoms with Crippen LogP contribution in [0.15, 0.2) is 83.8 Å². The predicted octanol–water partition coefficient (Wildman–Crippen LogP) is 5.69. The van der Waals surface area contributed by atoms with Gasteiger partial charge in [0.25, 0.3) is 5.91 Å². The van der Waals surface area contributed by atoms with Gasteiger partial charge in [0.2, 0.25) is 0 Å². The summed E-state index contributed by atoms with van der Waals surface area (Å²) in [4.78, 5) is 17.1. The fourth-order valence-electron chi connectivity index (χ4n) is 3.24. The van der Waals surface area contributed by atoms with Crippen LogP contribution in [0.4, 0.5) is 11.4 Å². The molecule has 0 bridgehead atoms. The van der Waals surface area contributed by atoms with Gasteiger partial charge in [-0.3, -0.25) is 9.69 Å². The molecule has 0 spiro atoms. The highest BCUT2D eigenvalue weighted by Gasteiger charge is 2.31. The first kappa shape index (κ1) is 21.2. The molecule has 3 aromatic carbocycles. The van der Waals surface area contributed by atoms with Gasteiger partial charge in [-0.2, -0.15) is 0 Å². The minimum Gasteiger partial charge on any atom is -0.378 e. The molecule has 31 heavy (non-hydrogen) atoms. The summed E-state index contributed by atoms with van der Waals surface area (Å²) >= 11 is 6.79. The Kier molecular flexibility index (Phi) is 6.39. The molecule has 1 aliphatic rings. The SMILES string of the molecule is CN(C)c1ccc(/C=C2/SC(=S)N(CNc3ccc(-c4ccccc4)cc3)C2=O)cc1. The van der Waals surface area contributed by atoms with Crippen molar-refractivity contribution >= 4 is 51.7 Å². The van der Waals surface area contributed by atoms with Gasteiger partial charge in [-0.15, -0.1) is 0 Å². The summed E-state index contributed by atoms with van der Waals surface area (Å²) in [7, 11) is 4.00. The zero-order chi connectivity index (χ0) is 21.8. The van der Waals surface area contributed by atoms with E-state index in [0.29, 0.717) is 15.9 Å². The van der Waals surface area contributed by atoms with Crippen molar-refractivity contribution in [3.05, 3.63) is 89.3 Å². The largest absolute Gasteiger partial charge is 0.378 e. The predicted molar refractivity (Wildman–Crippen MR) is 136 cm³/mol. The lowest BCUT2D eigenvalue weighted by atomic mass is 10.1. The fraction of sp³-hybridized carbons (Fsp3) is 0.120. The number of hydrogen-bond donors (Lipinski definition) is 1. The molecule has 1 amide bonds. The van der Waals surface area contributed by atoms with Crippen LogP contribution in [0.1, 0.15) is 5.56 Å². The van der Waals surface area contributed by atoms with Gasteiger partial charge in [-0.25, -0.2) is 0 Å². The van der Waals surface area contributed by atoms with Crippen LogP contribution in [-0.4, -0.2) is 35.9 Å². The zero-order valence-corrected chi connectivity index (χ0v) is 19.0. The third kappa shape index (κ3) is 4.98. The van der Waals surface area contributed by atoms with Crippen LogP contribution in [0.2, 0.25) is 0 Å². The van der Waals surface area contributed by atoms with Crippen molar-refractivity contribution in [2.75, 3.05) is 31.0 Å². The van der Waals surface area contributed by atoms with Gasteiger partial charge in [0.1, 0.15) is 4.32 Å². The molecule has 1 aliphatic heterocycles. The van der Waals surface area contributed by atoms with Gasteiger partial charge in [0.05, 0.1) is 11.6 Å². The number of amides is 1. The summed E-state index contributed by atoms with van der Waals surface area (Å²) in [5.74, 6) is -0.0694. The van der Waals surface area contributed by atoms with Crippen molar-refractivity contribution in [3.8, 4) is 11.1 Å². The minimum absolute atomic E-state index is 0.0694. The number of rotatable bonds is 6. The molecule has 0 radical (unpaired) electrons. The molecular formula is C25H23N3OS2. The van der Waals surface area contributed by atoms with E-state index < -0.39 is 0 Å². The number of thioether (sulfide) groups is 1. The van der Waals surface area contributed by atoms with E-state index in [2.05, 4.69) is 29.6 Å².